The number of amides is 1. The molecule has 1 aliphatic rings. The van der Waals surface area contributed by atoms with Crippen LogP contribution in [0.4, 0.5) is 0 Å². The zero-order valence-electron chi connectivity index (χ0n) is 9.08. The minimum Gasteiger partial charge on any atom is -0.358 e. The second-order valence-electron chi connectivity index (χ2n) is 4.20. The van der Waals surface area contributed by atoms with Crippen LogP contribution < -0.4 is 5.32 Å². The Morgan fingerprint density at radius 1 is 1.40 bits per heavy atom. The van der Waals surface area contributed by atoms with E-state index in [1.807, 2.05) is 6.07 Å². The van der Waals surface area contributed by atoms with E-state index in [0.717, 1.165) is 12.8 Å². The van der Waals surface area contributed by atoms with Gasteiger partial charge in [-0.3, -0.25) is 4.79 Å². The van der Waals surface area contributed by atoms with Crippen molar-refractivity contribution in [1.29, 1.82) is 0 Å². The molecule has 1 fully saturated rings. The molecular formula is C12H17NOS. The first-order chi connectivity index (χ1) is 7.29. The summed E-state index contributed by atoms with van der Waals surface area (Å²) in [5.74, 6) is 0.199. The lowest BCUT2D eigenvalue weighted by molar-refractivity contribution is -0.127. The second kappa shape index (κ2) is 4.35. The molecular weight excluding hydrogens is 206 g/mol. The van der Waals surface area contributed by atoms with Gasteiger partial charge in [0.1, 0.15) is 0 Å². The van der Waals surface area contributed by atoms with Gasteiger partial charge in [0.25, 0.3) is 0 Å². The maximum atomic E-state index is 12.1. The molecule has 0 atom stereocenters. The summed E-state index contributed by atoms with van der Waals surface area (Å²) < 4.78 is 0. The van der Waals surface area contributed by atoms with Crippen LogP contribution in [0.1, 0.15) is 37.0 Å². The quantitative estimate of drug-likeness (QED) is 0.820. The molecule has 0 saturated heterocycles. The van der Waals surface area contributed by atoms with Crippen LogP contribution in [0.3, 0.4) is 0 Å². The van der Waals surface area contributed by atoms with Gasteiger partial charge in [0, 0.05) is 11.9 Å². The van der Waals surface area contributed by atoms with E-state index in [9.17, 15) is 4.79 Å². The monoisotopic (exact) mass is 223 g/mol. The molecule has 0 bridgehead atoms. The smallest absolute Gasteiger partial charge is 0.231 e. The van der Waals surface area contributed by atoms with Gasteiger partial charge in [0.2, 0.25) is 5.91 Å². The summed E-state index contributed by atoms with van der Waals surface area (Å²) in [6, 6.07) is 4.14. The van der Waals surface area contributed by atoms with Crippen LogP contribution in [0.25, 0.3) is 0 Å². The summed E-state index contributed by atoms with van der Waals surface area (Å²) in [5.41, 5.74) is -0.221. The average molecular weight is 223 g/mol. The van der Waals surface area contributed by atoms with Gasteiger partial charge in [-0.2, -0.15) is 0 Å². The Morgan fingerprint density at radius 2 is 2.13 bits per heavy atom. The molecule has 82 valence electrons. The Kier molecular flexibility index (Phi) is 3.10. The zero-order chi connectivity index (χ0) is 10.7. The van der Waals surface area contributed by atoms with Gasteiger partial charge in [-0.15, -0.1) is 11.3 Å². The third-order valence-electron chi connectivity index (χ3n) is 3.36. The van der Waals surface area contributed by atoms with E-state index in [1.165, 1.54) is 24.1 Å². The van der Waals surface area contributed by atoms with Crippen molar-refractivity contribution in [2.24, 2.45) is 0 Å². The van der Waals surface area contributed by atoms with Gasteiger partial charge < -0.3 is 5.32 Å². The van der Waals surface area contributed by atoms with Crippen LogP contribution in [0, 0.1) is 0 Å². The lowest BCUT2D eigenvalue weighted by atomic mass is 9.72. The van der Waals surface area contributed by atoms with Gasteiger partial charge in [-0.05, 0) is 24.3 Å². The number of hydrogen-bond donors (Lipinski definition) is 1. The Hall–Kier alpha value is -0.830. The molecule has 1 aromatic rings. The molecule has 2 rings (SSSR count). The van der Waals surface area contributed by atoms with Crippen molar-refractivity contribution in [2.45, 2.75) is 37.5 Å². The van der Waals surface area contributed by atoms with Gasteiger partial charge in [-0.25, -0.2) is 0 Å². The van der Waals surface area contributed by atoms with Crippen LogP contribution in [0.5, 0.6) is 0 Å². The SMILES string of the molecule is CNC(=O)C1(c2cccs2)CCCCC1. The molecule has 2 nitrogen and oxygen atoms in total. The molecule has 1 saturated carbocycles. The van der Waals surface area contributed by atoms with E-state index in [1.54, 1.807) is 18.4 Å². The van der Waals surface area contributed by atoms with E-state index in [2.05, 4.69) is 16.8 Å². The topological polar surface area (TPSA) is 29.1 Å². The van der Waals surface area contributed by atoms with E-state index >= 15 is 0 Å². The lowest BCUT2D eigenvalue weighted by Gasteiger charge is -2.34. The van der Waals surface area contributed by atoms with Crippen molar-refractivity contribution in [3.05, 3.63) is 22.4 Å². The van der Waals surface area contributed by atoms with E-state index in [-0.39, 0.29) is 11.3 Å². The molecule has 0 aliphatic heterocycles. The van der Waals surface area contributed by atoms with Crippen LogP contribution in [-0.2, 0) is 10.2 Å². The number of rotatable bonds is 2. The molecule has 0 spiro atoms. The highest BCUT2D eigenvalue weighted by molar-refractivity contribution is 7.10. The van der Waals surface area contributed by atoms with Gasteiger partial charge in [0.05, 0.1) is 5.41 Å². The molecule has 0 aromatic carbocycles. The lowest BCUT2D eigenvalue weighted by Crippen LogP contribution is -2.43. The van der Waals surface area contributed by atoms with Gasteiger partial charge >= 0.3 is 0 Å². The number of carbonyl (C=O) groups excluding carboxylic acids is 1. The van der Waals surface area contributed by atoms with Crippen molar-refractivity contribution < 1.29 is 4.79 Å². The molecule has 1 N–H and O–H groups in total. The molecule has 15 heavy (non-hydrogen) atoms. The highest BCUT2D eigenvalue weighted by Crippen LogP contribution is 2.41. The number of hydrogen-bond acceptors (Lipinski definition) is 2. The molecule has 0 radical (unpaired) electrons. The van der Waals surface area contributed by atoms with Crippen molar-refractivity contribution in [1.82, 2.24) is 5.32 Å². The normalized spacial score (nSPS) is 19.8. The molecule has 0 unspecified atom stereocenters. The first-order valence-electron chi connectivity index (χ1n) is 5.56. The van der Waals surface area contributed by atoms with E-state index < -0.39 is 0 Å². The minimum atomic E-state index is -0.221. The summed E-state index contributed by atoms with van der Waals surface area (Å²) in [7, 11) is 1.74. The Labute approximate surface area is 94.7 Å². The van der Waals surface area contributed by atoms with Crippen LogP contribution in [0.15, 0.2) is 17.5 Å². The highest BCUT2D eigenvalue weighted by atomic mass is 32.1. The third-order valence-corrected chi connectivity index (χ3v) is 4.44. The fourth-order valence-electron chi connectivity index (χ4n) is 2.53. The highest BCUT2D eigenvalue weighted by Gasteiger charge is 2.41. The molecule has 1 aromatic heterocycles. The van der Waals surface area contributed by atoms with Crippen LogP contribution in [-0.4, -0.2) is 13.0 Å². The van der Waals surface area contributed by atoms with E-state index in [4.69, 9.17) is 0 Å². The summed E-state index contributed by atoms with van der Waals surface area (Å²) in [6.45, 7) is 0. The largest absolute Gasteiger partial charge is 0.358 e. The summed E-state index contributed by atoms with van der Waals surface area (Å²) in [5, 5.41) is 4.90. The maximum absolute atomic E-state index is 12.1. The Bertz CT molecular complexity index is 325. The van der Waals surface area contributed by atoms with Crippen molar-refractivity contribution in [3.63, 3.8) is 0 Å². The summed E-state index contributed by atoms with van der Waals surface area (Å²) in [4.78, 5) is 13.3. The first-order valence-corrected chi connectivity index (χ1v) is 6.44. The van der Waals surface area contributed by atoms with Crippen molar-refractivity contribution >= 4 is 17.2 Å². The molecule has 3 heteroatoms. The summed E-state index contributed by atoms with van der Waals surface area (Å²) in [6.07, 6.45) is 5.63. The third kappa shape index (κ3) is 1.81. The first kappa shape index (κ1) is 10.7. The second-order valence-corrected chi connectivity index (χ2v) is 5.15. The maximum Gasteiger partial charge on any atom is 0.231 e. The number of thiophene rings is 1. The predicted octanol–water partition coefficient (Wildman–Crippen LogP) is 2.70. The Balaban J connectivity index is 2.34. The van der Waals surface area contributed by atoms with Crippen LogP contribution >= 0.6 is 11.3 Å². The average Bonchev–Trinajstić information content (AvgIpc) is 2.83. The van der Waals surface area contributed by atoms with E-state index in [0.29, 0.717) is 0 Å². The van der Waals surface area contributed by atoms with Gasteiger partial charge in [0.15, 0.2) is 0 Å². The zero-order valence-corrected chi connectivity index (χ0v) is 9.90. The molecule has 1 amide bonds. The van der Waals surface area contributed by atoms with Crippen molar-refractivity contribution in [3.8, 4) is 0 Å². The fraction of sp³-hybridized carbons (Fsp3) is 0.583. The standard InChI is InChI=1S/C12H17NOS/c1-13-11(14)12(7-3-2-4-8-12)10-6-5-9-15-10/h5-6,9H,2-4,7-8H2,1H3,(H,13,14). The predicted molar refractivity (Wildman–Crippen MR) is 63.1 cm³/mol. The summed E-state index contributed by atoms with van der Waals surface area (Å²) >= 11 is 1.71. The number of carbonyl (C=O) groups is 1. The van der Waals surface area contributed by atoms with Crippen LogP contribution in [0.2, 0.25) is 0 Å². The molecule has 1 aliphatic carbocycles. The molecule has 1 heterocycles. The fourth-order valence-corrected chi connectivity index (χ4v) is 3.51. The van der Waals surface area contributed by atoms with Crippen molar-refractivity contribution in [2.75, 3.05) is 7.05 Å². The van der Waals surface area contributed by atoms with Gasteiger partial charge in [-0.1, -0.05) is 25.3 Å². The number of likely N-dealkylation sites (N-methyl/N-ethyl adjacent to an activating group) is 1. The minimum absolute atomic E-state index is 0.199. The number of nitrogens with one attached hydrogen (secondary N) is 1. The Morgan fingerprint density at radius 3 is 2.67 bits per heavy atom.